The molecule has 1 aromatic carbocycles. The Morgan fingerprint density at radius 2 is 2.05 bits per heavy atom. The van der Waals surface area contributed by atoms with E-state index in [1.54, 1.807) is 6.07 Å². The molecule has 4 nitrogen and oxygen atoms in total. The number of carboxylic acid groups (broad SMARTS) is 1. The third-order valence-electron chi connectivity index (χ3n) is 4.10. The zero-order valence-electron chi connectivity index (χ0n) is 11.6. The van der Waals surface area contributed by atoms with Crippen LogP contribution in [0, 0.1) is 5.41 Å². The second kappa shape index (κ2) is 5.51. The number of nitrogens with zero attached hydrogens (tertiary/aromatic N) is 1. The van der Waals surface area contributed by atoms with Gasteiger partial charge in [0, 0.05) is 30.3 Å². The minimum atomic E-state index is -0.953. The van der Waals surface area contributed by atoms with Gasteiger partial charge in [0.05, 0.1) is 0 Å². The first-order valence-electron chi connectivity index (χ1n) is 6.78. The summed E-state index contributed by atoms with van der Waals surface area (Å²) >= 11 is 0. The number of benzene rings is 1. The lowest BCUT2D eigenvalue weighted by atomic mass is 9.75. The molecule has 0 unspecified atom stereocenters. The number of aliphatic carboxylic acids is 1. The van der Waals surface area contributed by atoms with E-state index >= 15 is 0 Å². The Labute approximate surface area is 114 Å². The van der Waals surface area contributed by atoms with Gasteiger partial charge in [-0.05, 0) is 25.0 Å². The molecule has 0 aromatic heterocycles. The zero-order chi connectivity index (χ0) is 13.9. The maximum absolute atomic E-state index is 10.5. The smallest absolute Gasteiger partial charge is 0.341 e. The van der Waals surface area contributed by atoms with Gasteiger partial charge in [0.1, 0.15) is 5.75 Å². The summed E-state index contributed by atoms with van der Waals surface area (Å²) in [4.78, 5) is 12.8. The van der Waals surface area contributed by atoms with E-state index in [1.165, 1.54) is 12.8 Å². The van der Waals surface area contributed by atoms with E-state index in [-0.39, 0.29) is 6.61 Å². The summed E-state index contributed by atoms with van der Waals surface area (Å²) in [5.41, 5.74) is 1.57. The molecule has 19 heavy (non-hydrogen) atoms. The first-order chi connectivity index (χ1) is 9.08. The van der Waals surface area contributed by atoms with Gasteiger partial charge in [-0.2, -0.15) is 0 Å². The van der Waals surface area contributed by atoms with Crippen LogP contribution in [0.15, 0.2) is 24.3 Å². The van der Waals surface area contributed by atoms with Crippen LogP contribution in [0.2, 0.25) is 0 Å². The predicted molar refractivity (Wildman–Crippen MR) is 74.8 cm³/mol. The first-order valence-corrected chi connectivity index (χ1v) is 6.78. The van der Waals surface area contributed by atoms with Crippen molar-refractivity contribution in [3.05, 3.63) is 24.3 Å². The fourth-order valence-electron chi connectivity index (χ4n) is 2.56. The van der Waals surface area contributed by atoms with Crippen LogP contribution < -0.4 is 9.64 Å². The van der Waals surface area contributed by atoms with Crippen molar-refractivity contribution in [3.8, 4) is 5.75 Å². The largest absolute Gasteiger partial charge is 0.482 e. The van der Waals surface area contributed by atoms with Crippen molar-refractivity contribution >= 4 is 11.7 Å². The summed E-state index contributed by atoms with van der Waals surface area (Å²) in [5.74, 6) is -0.337. The molecule has 1 saturated heterocycles. The normalized spacial score (nSPS) is 16.8. The Morgan fingerprint density at radius 3 is 2.63 bits per heavy atom. The minimum absolute atomic E-state index is 0.294. The molecule has 1 aromatic rings. The van der Waals surface area contributed by atoms with Crippen molar-refractivity contribution in [2.75, 3.05) is 24.6 Å². The molecule has 0 atom stereocenters. The highest BCUT2D eigenvalue weighted by molar-refractivity contribution is 5.68. The molecule has 0 saturated carbocycles. The van der Waals surface area contributed by atoms with E-state index in [0.29, 0.717) is 11.2 Å². The van der Waals surface area contributed by atoms with E-state index in [0.717, 1.165) is 18.8 Å². The molecule has 1 N–H and O–H groups in total. The maximum atomic E-state index is 10.5. The average molecular weight is 263 g/mol. The monoisotopic (exact) mass is 263 g/mol. The fourth-order valence-corrected chi connectivity index (χ4v) is 2.56. The van der Waals surface area contributed by atoms with Crippen molar-refractivity contribution in [1.82, 2.24) is 0 Å². The molecule has 4 heteroatoms. The first kappa shape index (κ1) is 13.7. The maximum Gasteiger partial charge on any atom is 0.341 e. The Bertz CT molecular complexity index is 446. The number of ether oxygens (including phenoxy) is 1. The molecule has 1 aliphatic rings. The highest BCUT2D eigenvalue weighted by Gasteiger charge is 2.39. The van der Waals surface area contributed by atoms with Crippen LogP contribution in [-0.2, 0) is 4.79 Å². The SMILES string of the molecule is CCC1(CC)CN(c2cccc(OCC(=O)O)c2)C1. The van der Waals surface area contributed by atoms with Crippen LogP contribution in [0.3, 0.4) is 0 Å². The summed E-state index contributed by atoms with van der Waals surface area (Å²) in [7, 11) is 0. The predicted octanol–water partition coefficient (Wildman–Crippen LogP) is 2.78. The fraction of sp³-hybridized carbons (Fsp3) is 0.533. The molecule has 0 amide bonds. The van der Waals surface area contributed by atoms with Crippen LogP contribution in [0.4, 0.5) is 5.69 Å². The number of hydrogen-bond donors (Lipinski definition) is 1. The summed E-state index contributed by atoms with van der Waals surface area (Å²) in [6.45, 7) is 6.34. The van der Waals surface area contributed by atoms with Crippen LogP contribution in [-0.4, -0.2) is 30.8 Å². The average Bonchev–Trinajstić information content (AvgIpc) is 2.37. The molecular formula is C15H21NO3. The molecule has 0 spiro atoms. The van der Waals surface area contributed by atoms with Crippen LogP contribution in [0.1, 0.15) is 26.7 Å². The molecule has 2 rings (SSSR count). The topological polar surface area (TPSA) is 49.8 Å². The van der Waals surface area contributed by atoms with Gasteiger partial charge < -0.3 is 14.7 Å². The third kappa shape index (κ3) is 3.00. The van der Waals surface area contributed by atoms with E-state index < -0.39 is 5.97 Å². The van der Waals surface area contributed by atoms with E-state index in [2.05, 4.69) is 18.7 Å². The second-order valence-electron chi connectivity index (χ2n) is 5.24. The van der Waals surface area contributed by atoms with Gasteiger partial charge in [0.15, 0.2) is 6.61 Å². The van der Waals surface area contributed by atoms with Gasteiger partial charge in [-0.3, -0.25) is 0 Å². The Hall–Kier alpha value is -1.71. The minimum Gasteiger partial charge on any atom is -0.482 e. The van der Waals surface area contributed by atoms with Crippen molar-refractivity contribution in [1.29, 1.82) is 0 Å². The molecule has 1 aliphatic heterocycles. The quantitative estimate of drug-likeness (QED) is 0.857. The lowest BCUT2D eigenvalue weighted by molar-refractivity contribution is -0.139. The Kier molecular flexibility index (Phi) is 3.98. The summed E-state index contributed by atoms with van der Waals surface area (Å²) < 4.78 is 5.21. The number of anilines is 1. The lowest BCUT2D eigenvalue weighted by Gasteiger charge is -2.51. The molecule has 0 bridgehead atoms. The summed E-state index contributed by atoms with van der Waals surface area (Å²) in [5, 5.41) is 8.61. The molecule has 104 valence electrons. The van der Waals surface area contributed by atoms with Crippen LogP contribution >= 0.6 is 0 Å². The van der Waals surface area contributed by atoms with E-state index in [1.807, 2.05) is 18.2 Å². The van der Waals surface area contributed by atoms with Gasteiger partial charge in [-0.1, -0.05) is 19.9 Å². The van der Waals surface area contributed by atoms with Crippen molar-refractivity contribution in [2.45, 2.75) is 26.7 Å². The van der Waals surface area contributed by atoms with E-state index in [9.17, 15) is 4.79 Å². The summed E-state index contributed by atoms with van der Waals surface area (Å²) in [6.07, 6.45) is 2.41. The third-order valence-corrected chi connectivity index (χ3v) is 4.10. The number of carboxylic acids is 1. The lowest BCUT2D eigenvalue weighted by Crippen LogP contribution is -2.55. The van der Waals surface area contributed by atoms with Crippen LogP contribution in [0.25, 0.3) is 0 Å². The molecule has 0 aliphatic carbocycles. The number of carbonyl (C=O) groups is 1. The van der Waals surface area contributed by atoms with Crippen LogP contribution in [0.5, 0.6) is 5.75 Å². The van der Waals surface area contributed by atoms with E-state index in [4.69, 9.17) is 9.84 Å². The van der Waals surface area contributed by atoms with Gasteiger partial charge >= 0.3 is 5.97 Å². The zero-order valence-corrected chi connectivity index (χ0v) is 11.6. The standard InChI is InChI=1S/C15H21NO3/c1-3-15(4-2)10-16(11-15)12-6-5-7-13(8-12)19-9-14(17)18/h5-8H,3-4,9-11H2,1-2H3,(H,17,18). The van der Waals surface area contributed by atoms with Gasteiger partial charge in [-0.15, -0.1) is 0 Å². The molecular weight excluding hydrogens is 242 g/mol. The van der Waals surface area contributed by atoms with Crippen molar-refractivity contribution in [3.63, 3.8) is 0 Å². The second-order valence-corrected chi connectivity index (χ2v) is 5.24. The van der Waals surface area contributed by atoms with Gasteiger partial charge in [-0.25, -0.2) is 4.79 Å². The summed E-state index contributed by atoms with van der Waals surface area (Å²) in [6, 6.07) is 7.66. The van der Waals surface area contributed by atoms with Crippen molar-refractivity contribution < 1.29 is 14.6 Å². The number of hydrogen-bond acceptors (Lipinski definition) is 3. The molecule has 1 heterocycles. The van der Waals surface area contributed by atoms with Gasteiger partial charge in [0.2, 0.25) is 0 Å². The highest BCUT2D eigenvalue weighted by atomic mass is 16.5. The molecule has 0 radical (unpaired) electrons. The highest BCUT2D eigenvalue weighted by Crippen LogP contribution is 2.40. The Balaban J connectivity index is 1.99. The van der Waals surface area contributed by atoms with Crippen molar-refractivity contribution in [2.24, 2.45) is 5.41 Å². The number of rotatable bonds is 6. The van der Waals surface area contributed by atoms with Gasteiger partial charge in [0.25, 0.3) is 0 Å². The Morgan fingerprint density at radius 1 is 1.37 bits per heavy atom. The molecule has 1 fully saturated rings.